The predicted molar refractivity (Wildman–Crippen MR) is 96.3 cm³/mol. The number of aryl methyl sites for hydroxylation is 1. The molecule has 0 spiro atoms. The molecule has 0 N–H and O–H groups in total. The number of hydrogen-bond donors (Lipinski definition) is 0. The first-order chi connectivity index (χ1) is 12.3. The fraction of sp³-hybridized carbons (Fsp3) is 0.429. The number of carbonyl (C=O) groups is 1. The van der Waals surface area contributed by atoms with E-state index >= 15 is 0 Å². The van der Waals surface area contributed by atoms with E-state index < -0.39 is 0 Å². The minimum atomic E-state index is 0.172. The van der Waals surface area contributed by atoms with Crippen LogP contribution < -0.4 is 4.74 Å². The highest BCUT2D eigenvalue weighted by Gasteiger charge is 2.43. The number of amides is 1. The van der Waals surface area contributed by atoms with Gasteiger partial charge in [-0.2, -0.15) is 0 Å². The summed E-state index contributed by atoms with van der Waals surface area (Å²) in [7, 11) is 0. The average Bonchev–Trinajstić information content (AvgIpc) is 2.92. The van der Waals surface area contributed by atoms with Gasteiger partial charge >= 0.3 is 0 Å². The number of benzene rings is 1. The third-order valence-electron chi connectivity index (χ3n) is 5.37. The lowest BCUT2D eigenvalue weighted by molar-refractivity contribution is -0.137. The van der Waals surface area contributed by atoms with E-state index in [0.717, 1.165) is 32.1 Å². The molecule has 0 aliphatic carbocycles. The lowest BCUT2D eigenvalue weighted by Gasteiger charge is -2.38. The normalized spacial score (nSPS) is 25.0. The molecule has 130 valence electrons. The summed E-state index contributed by atoms with van der Waals surface area (Å²) in [6.07, 6.45) is 7.39. The van der Waals surface area contributed by atoms with E-state index in [-0.39, 0.29) is 6.10 Å². The van der Waals surface area contributed by atoms with Crippen LogP contribution in [0.2, 0.25) is 0 Å². The van der Waals surface area contributed by atoms with Crippen LogP contribution in [0.4, 0.5) is 0 Å². The van der Waals surface area contributed by atoms with Gasteiger partial charge in [0.05, 0.1) is 0 Å². The summed E-state index contributed by atoms with van der Waals surface area (Å²) in [5.74, 6) is 0.989. The number of rotatable bonds is 5. The highest BCUT2D eigenvalue weighted by atomic mass is 16.5. The molecule has 25 heavy (non-hydrogen) atoms. The minimum absolute atomic E-state index is 0.172. The van der Waals surface area contributed by atoms with Gasteiger partial charge in [0, 0.05) is 43.6 Å². The Balaban J connectivity index is 1.34. The quantitative estimate of drug-likeness (QED) is 0.837. The molecule has 4 heteroatoms. The van der Waals surface area contributed by atoms with Crippen molar-refractivity contribution in [3.8, 4) is 5.88 Å². The fourth-order valence-electron chi connectivity index (χ4n) is 4.24. The molecule has 3 heterocycles. The Hall–Kier alpha value is -2.36. The molecule has 1 aromatic carbocycles. The largest absolute Gasteiger partial charge is 0.474 e. The van der Waals surface area contributed by atoms with Crippen LogP contribution in [0.3, 0.4) is 0 Å². The molecular formula is C21H24N2O2. The van der Waals surface area contributed by atoms with E-state index in [1.807, 2.05) is 36.4 Å². The van der Waals surface area contributed by atoms with E-state index in [9.17, 15) is 4.79 Å². The maximum Gasteiger partial charge on any atom is 0.223 e. The van der Waals surface area contributed by atoms with Crippen LogP contribution in [0.5, 0.6) is 5.88 Å². The second-order valence-corrected chi connectivity index (χ2v) is 7.05. The Morgan fingerprint density at radius 1 is 1.04 bits per heavy atom. The molecular weight excluding hydrogens is 312 g/mol. The highest BCUT2D eigenvalue weighted by molar-refractivity contribution is 5.77. The summed E-state index contributed by atoms with van der Waals surface area (Å²) in [4.78, 5) is 19.2. The number of carbonyl (C=O) groups excluding carboxylic acids is 1. The second kappa shape index (κ2) is 7.26. The summed E-state index contributed by atoms with van der Waals surface area (Å²) < 4.78 is 6.04. The van der Waals surface area contributed by atoms with Crippen molar-refractivity contribution >= 4 is 5.91 Å². The molecule has 2 atom stereocenters. The maximum atomic E-state index is 12.8. The summed E-state index contributed by atoms with van der Waals surface area (Å²) in [5, 5.41) is 0. The molecule has 4 nitrogen and oxygen atoms in total. The van der Waals surface area contributed by atoms with Crippen molar-refractivity contribution < 1.29 is 9.53 Å². The number of aromatic nitrogens is 1. The molecule has 1 aromatic heterocycles. The van der Waals surface area contributed by atoms with E-state index in [2.05, 4.69) is 22.0 Å². The van der Waals surface area contributed by atoms with Crippen LogP contribution in [-0.4, -0.2) is 34.0 Å². The molecule has 2 aromatic rings. The van der Waals surface area contributed by atoms with Gasteiger partial charge in [0.25, 0.3) is 0 Å². The van der Waals surface area contributed by atoms with Crippen LogP contribution in [0, 0.1) is 0 Å². The highest BCUT2D eigenvalue weighted by Crippen LogP contribution is 2.37. The van der Waals surface area contributed by atoms with Gasteiger partial charge in [0.1, 0.15) is 6.10 Å². The zero-order chi connectivity index (χ0) is 17.1. The molecule has 4 rings (SSSR count). The van der Waals surface area contributed by atoms with Crippen molar-refractivity contribution in [2.45, 2.75) is 56.7 Å². The maximum absolute atomic E-state index is 12.8. The topological polar surface area (TPSA) is 42.4 Å². The molecule has 2 aliphatic rings. The van der Waals surface area contributed by atoms with E-state index in [4.69, 9.17) is 4.74 Å². The number of hydrogen-bond acceptors (Lipinski definition) is 3. The Morgan fingerprint density at radius 3 is 2.44 bits per heavy atom. The Labute approximate surface area is 148 Å². The van der Waals surface area contributed by atoms with Crippen molar-refractivity contribution in [2.75, 3.05) is 0 Å². The minimum Gasteiger partial charge on any atom is -0.474 e. The first-order valence-corrected chi connectivity index (χ1v) is 9.22. The molecule has 2 saturated heterocycles. The molecule has 0 radical (unpaired) electrons. The van der Waals surface area contributed by atoms with E-state index in [1.54, 1.807) is 6.20 Å². The number of pyridine rings is 1. The predicted octanol–water partition coefficient (Wildman–Crippen LogP) is 3.62. The van der Waals surface area contributed by atoms with Crippen LogP contribution in [0.25, 0.3) is 0 Å². The standard InChI is InChI=1S/C21H24N2O2/c24-21(12-9-16-6-2-1-3-7-16)23-17-10-11-18(23)15-19(14-17)25-20-8-4-5-13-22-20/h1-8,13,17-19H,9-12,14-15H2. The van der Waals surface area contributed by atoms with Gasteiger partial charge in [-0.25, -0.2) is 4.98 Å². The molecule has 2 bridgehead atoms. The third kappa shape index (κ3) is 3.68. The number of fused-ring (bicyclic) bond motifs is 2. The van der Waals surface area contributed by atoms with Crippen LogP contribution in [0.15, 0.2) is 54.7 Å². The molecule has 1 amide bonds. The summed E-state index contributed by atoms with van der Waals surface area (Å²) in [5.41, 5.74) is 1.23. The van der Waals surface area contributed by atoms with Gasteiger partial charge in [0.15, 0.2) is 0 Å². The van der Waals surface area contributed by atoms with Gasteiger partial charge in [-0.05, 0) is 30.9 Å². The SMILES string of the molecule is O=C(CCc1ccccc1)N1C2CCC1CC(Oc1ccccn1)C2. The summed E-state index contributed by atoms with van der Waals surface area (Å²) >= 11 is 0. The molecule has 2 aliphatic heterocycles. The Kier molecular flexibility index (Phi) is 4.68. The van der Waals surface area contributed by atoms with Crippen molar-refractivity contribution in [1.29, 1.82) is 0 Å². The summed E-state index contributed by atoms with van der Waals surface area (Å²) in [6, 6.07) is 16.7. The molecule has 2 fully saturated rings. The van der Waals surface area contributed by atoms with Gasteiger partial charge in [-0.1, -0.05) is 36.4 Å². The van der Waals surface area contributed by atoms with Gasteiger partial charge in [-0.3, -0.25) is 4.79 Å². The van der Waals surface area contributed by atoms with E-state index in [1.165, 1.54) is 5.56 Å². The third-order valence-corrected chi connectivity index (χ3v) is 5.37. The van der Waals surface area contributed by atoms with E-state index in [0.29, 0.717) is 30.3 Å². The fourth-order valence-corrected chi connectivity index (χ4v) is 4.24. The van der Waals surface area contributed by atoms with Crippen LogP contribution in [0.1, 0.15) is 37.7 Å². The zero-order valence-electron chi connectivity index (χ0n) is 14.4. The molecule has 0 saturated carbocycles. The van der Waals surface area contributed by atoms with Gasteiger partial charge in [0.2, 0.25) is 11.8 Å². The number of piperidine rings is 1. The van der Waals surface area contributed by atoms with Crippen LogP contribution in [-0.2, 0) is 11.2 Å². The number of nitrogens with zero attached hydrogens (tertiary/aromatic N) is 2. The van der Waals surface area contributed by atoms with Crippen molar-refractivity contribution in [3.63, 3.8) is 0 Å². The Bertz CT molecular complexity index is 690. The first-order valence-electron chi connectivity index (χ1n) is 9.22. The smallest absolute Gasteiger partial charge is 0.223 e. The lowest BCUT2D eigenvalue weighted by Crippen LogP contribution is -2.49. The van der Waals surface area contributed by atoms with Crippen molar-refractivity contribution in [2.24, 2.45) is 0 Å². The van der Waals surface area contributed by atoms with Gasteiger partial charge in [-0.15, -0.1) is 0 Å². The van der Waals surface area contributed by atoms with Crippen molar-refractivity contribution in [3.05, 3.63) is 60.3 Å². The van der Waals surface area contributed by atoms with Crippen molar-refractivity contribution in [1.82, 2.24) is 9.88 Å². The van der Waals surface area contributed by atoms with Gasteiger partial charge < -0.3 is 9.64 Å². The molecule has 2 unspecified atom stereocenters. The monoisotopic (exact) mass is 336 g/mol. The first kappa shape index (κ1) is 16.1. The zero-order valence-corrected chi connectivity index (χ0v) is 14.4. The Morgan fingerprint density at radius 2 is 1.76 bits per heavy atom. The second-order valence-electron chi connectivity index (χ2n) is 7.05. The van der Waals surface area contributed by atoms with Crippen LogP contribution >= 0.6 is 0 Å². The number of ether oxygens (including phenoxy) is 1. The average molecular weight is 336 g/mol. The lowest BCUT2D eigenvalue weighted by atomic mass is 9.98. The summed E-state index contributed by atoms with van der Waals surface area (Å²) in [6.45, 7) is 0.